The van der Waals surface area contributed by atoms with Crippen molar-refractivity contribution in [1.29, 1.82) is 0 Å². The maximum Gasteiger partial charge on any atom is 0.274 e. The van der Waals surface area contributed by atoms with Crippen LogP contribution in [0, 0.1) is 5.82 Å². The van der Waals surface area contributed by atoms with Gasteiger partial charge in [0.15, 0.2) is 11.5 Å². The number of hydrogen-bond acceptors (Lipinski definition) is 5. The quantitative estimate of drug-likeness (QED) is 0.664. The molecule has 2 N–H and O–H groups in total. The molecule has 8 heteroatoms. The Morgan fingerprint density at radius 1 is 0.897 bits per heavy atom. The molecule has 0 unspecified atom stereocenters. The highest BCUT2D eigenvalue weighted by atomic mass is 19.1. The zero-order valence-electron chi connectivity index (χ0n) is 15.7. The van der Waals surface area contributed by atoms with Gasteiger partial charge in [0.05, 0.1) is 19.9 Å². The minimum atomic E-state index is -0.629. The van der Waals surface area contributed by atoms with Crippen LogP contribution in [0.2, 0.25) is 0 Å². The third-order valence-corrected chi connectivity index (χ3v) is 4.02. The molecule has 0 atom stereocenters. The molecule has 3 aromatic rings. The number of halogens is 1. The number of aromatic nitrogens is 1. The maximum atomic E-state index is 13.7. The molecule has 0 spiro atoms. The number of para-hydroxylation sites is 1. The summed E-state index contributed by atoms with van der Waals surface area (Å²) in [6.07, 6.45) is 1.33. The molecule has 2 amide bonds. The van der Waals surface area contributed by atoms with Crippen molar-refractivity contribution in [2.45, 2.75) is 0 Å². The Labute approximate surface area is 166 Å². The number of pyridine rings is 1. The monoisotopic (exact) mass is 395 g/mol. The van der Waals surface area contributed by atoms with Crippen molar-refractivity contribution in [3.8, 4) is 11.5 Å². The zero-order valence-corrected chi connectivity index (χ0v) is 15.7. The normalized spacial score (nSPS) is 10.2. The fourth-order valence-corrected chi connectivity index (χ4v) is 2.56. The molecule has 0 aliphatic carbocycles. The second-order valence-electron chi connectivity index (χ2n) is 5.89. The van der Waals surface area contributed by atoms with Gasteiger partial charge >= 0.3 is 0 Å². The van der Waals surface area contributed by atoms with E-state index in [9.17, 15) is 14.0 Å². The minimum absolute atomic E-state index is 0.0202. The summed E-state index contributed by atoms with van der Waals surface area (Å²) in [7, 11) is 3.01. The summed E-state index contributed by atoms with van der Waals surface area (Å²) in [5.74, 6) is -0.648. The Kier molecular flexibility index (Phi) is 6.03. The summed E-state index contributed by atoms with van der Waals surface area (Å²) in [6.45, 7) is 0. The van der Waals surface area contributed by atoms with Crippen LogP contribution in [0.5, 0.6) is 11.5 Å². The molecule has 3 rings (SSSR count). The van der Waals surface area contributed by atoms with E-state index in [1.165, 1.54) is 50.7 Å². The topological polar surface area (TPSA) is 89.5 Å². The van der Waals surface area contributed by atoms with Gasteiger partial charge in [-0.15, -0.1) is 0 Å². The molecule has 0 saturated carbocycles. The van der Waals surface area contributed by atoms with Gasteiger partial charge in [0.2, 0.25) is 0 Å². The molecule has 7 nitrogen and oxygen atoms in total. The summed E-state index contributed by atoms with van der Waals surface area (Å²) >= 11 is 0. The van der Waals surface area contributed by atoms with Crippen molar-refractivity contribution in [2.75, 3.05) is 24.9 Å². The summed E-state index contributed by atoms with van der Waals surface area (Å²) in [6, 6.07) is 13.5. The van der Waals surface area contributed by atoms with Crippen LogP contribution in [0.3, 0.4) is 0 Å². The second kappa shape index (κ2) is 8.83. The predicted molar refractivity (Wildman–Crippen MR) is 106 cm³/mol. The molecule has 2 aromatic carbocycles. The third-order valence-electron chi connectivity index (χ3n) is 4.02. The number of rotatable bonds is 6. The van der Waals surface area contributed by atoms with E-state index in [1.54, 1.807) is 24.3 Å². The van der Waals surface area contributed by atoms with E-state index in [0.717, 1.165) is 0 Å². The van der Waals surface area contributed by atoms with Crippen molar-refractivity contribution >= 4 is 23.2 Å². The van der Waals surface area contributed by atoms with Crippen molar-refractivity contribution in [2.24, 2.45) is 0 Å². The smallest absolute Gasteiger partial charge is 0.274 e. The Morgan fingerprint density at radius 3 is 2.38 bits per heavy atom. The average molecular weight is 395 g/mol. The molecule has 0 aliphatic heterocycles. The lowest BCUT2D eigenvalue weighted by Crippen LogP contribution is -2.17. The van der Waals surface area contributed by atoms with E-state index in [-0.39, 0.29) is 16.9 Å². The second-order valence-corrected chi connectivity index (χ2v) is 5.89. The first-order valence-electron chi connectivity index (χ1n) is 8.57. The van der Waals surface area contributed by atoms with Crippen LogP contribution < -0.4 is 20.1 Å². The van der Waals surface area contributed by atoms with Crippen LogP contribution in [0.15, 0.2) is 60.8 Å². The molecular weight excluding hydrogens is 377 g/mol. The first-order chi connectivity index (χ1) is 14.0. The molecular formula is C21H18FN3O4. The summed E-state index contributed by atoms with van der Waals surface area (Å²) < 4.78 is 24.1. The van der Waals surface area contributed by atoms with Crippen LogP contribution in [-0.4, -0.2) is 31.0 Å². The molecule has 1 heterocycles. The van der Waals surface area contributed by atoms with Crippen LogP contribution >= 0.6 is 0 Å². The van der Waals surface area contributed by atoms with E-state index < -0.39 is 17.6 Å². The van der Waals surface area contributed by atoms with Gasteiger partial charge in [-0.2, -0.15) is 0 Å². The molecule has 0 fully saturated rings. The van der Waals surface area contributed by atoms with E-state index in [2.05, 4.69) is 15.6 Å². The molecule has 0 radical (unpaired) electrons. The van der Waals surface area contributed by atoms with Gasteiger partial charge in [0, 0.05) is 23.5 Å². The Morgan fingerprint density at radius 2 is 1.66 bits per heavy atom. The number of hydrogen-bond donors (Lipinski definition) is 2. The van der Waals surface area contributed by atoms with Crippen LogP contribution in [0.4, 0.5) is 15.8 Å². The molecule has 29 heavy (non-hydrogen) atoms. The fraction of sp³-hybridized carbons (Fsp3) is 0.0952. The van der Waals surface area contributed by atoms with Gasteiger partial charge in [0.25, 0.3) is 11.8 Å². The van der Waals surface area contributed by atoms with Crippen molar-refractivity contribution in [3.63, 3.8) is 0 Å². The predicted octanol–water partition coefficient (Wildman–Crippen LogP) is 3.74. The number of amides is 2. The third kappa shape index (κ3) is 4.67. The van der Waals surface area contributed by atoms with E-state index in [1.807, 2.05) is 0 Å². The van der Waals surface area contributed by atoms with Crippen molar-refractivity contribution < 1.29 is 23.5 Å². The Bertz CT molecular complexity index is 1060. The number of ether oxygens (including phenoxy) is 2. The SMILES string of the molecule is COc1ccc(NC(=O)c2ccnc(C(=O)Nc3ccccc3F)c2)cc1OC. The number of methoxy groups -OCH3 is 2. The van der Waals surface area contributed by atoms with Gasteiger partial charge in [-0.25, -0.2) is 4.39 Å². The van der Waals surface area contributed by atoms with Crippen molar-refractivity contribution in [1.82, 2.24) is 4.98 Å². The highest BCUT2D eigenvalue weighted by molar-refractivity contribution is 6.07. The number of benzene rings is 2. The summed E-state index contributed by atoms with van der Waals surface area (Å²) in [4.78, 5) is 28.9. The summed E-state index contributed by atoms with van der Waals surface area (Å²) in [5.41, 5.74) is 0.711. The maximum absolute atomic E-state index is 13.7. The fourth-order valence-electron chi connectivity index (χ4n) is 2.56. The lowest BCUT2D eigenvalue weighted by Gasteiger charge is -2.11. The number of anilines is 2. The largest absolute Gasteiger partial charge is 0.493 e. The van der Waals surface area contributed by atoms with Gasteiger partial charge in [0.1, 0.15) is 11.5 Å². The number of nitrogens with one attached hydrogen (secondary N) is 2. The van der Waals surface area contributed by atoms with Crippen molar-refractivity contribution in [3.05, 3.63) is 77.9 Å². The molecule has 1 aromatic heterocycles. The van der Waals surface area contributed by atoms with Gasteiger partial charge in [-0.3, -0.25) is 14.6 Å². The van der Waals surface area contributed by atoms with Gasteiger partial charge < -0.3 is 20.1 Å². The minimum Gasteiger partial charge on any atom is -0.493 e. The molecule has 0 bridgehead atoms. The first kappa shape index (κ1) is 19.8. The Balaban J connectivity index is 1.76. The van der Waals surface area contributed by atoms with E-state index in [4.69, 9.17) is 9.47 Å². The van der Waals surface area contributed by atoms with E-state index >= 15 is 0 Å². The zero-order chi connectivity index (χ0) is 20.8. The molecule has 0 aliphatic rings. The van der Waals surface area contributed by atoms with Crippen LogP contribution in [0.1, 0.15) is 20.8 Å². The number of nitrogens with zero attached hydrogens (tertiary/aromatic N) is 1. The van der Waals surface area contributed by atoms with Crippen LogP contribution in [-0.2, 0) is 0 Å². The number of carbonyl (C=O) groups is 2. The average Bonchev–Trinajstić information content (AvgIpc) is 2.75. The molecule has 0 saturated heterocycles. The lowest BCUT2D eigenvalue weighted by atomic mass is 10.2. The lowest BCUT2D eigenvalue weighted by molar-refractivity contribution is 0.102. The summed E-state index contributed by atoms with van der Waals surface area (Å²) in [5, 5.41) is 5.15. The van der Waals surface area contributed by atoms with Crippen LogP contribution in [0.25, 0.3) is 0 Å². The molecule has 148 valence electrons. The number of carbonyl (C=O) groups excluding carboxylic acids is 2. The first-order valence-corrected chi connectivity index (χ1v) is 8.57. The van der Waals surface area contributed by atoms with E-state index in [0.29, 0.717) is 17.2 Å². The standard InChI is InChI=1S/C21H18FN3O4/c1-28-18-8-7-14(12-19(18)29-2)24-20(26)13-9-10-23-17(11-13)21(27)25-16-6-4-3-5-15(16)22/h3-12H,1-2H3,(H,24,26)(H,25,27). The Hall–Kier alpha value is -3.94. The van der Waals surface area contributed by atoms with Gasteiger partial charge in [-0.05, 0) is 36.4 Å². The highest BCUT2D eigenvalue weighted by Gasteiger charge is 2.14. The highest BCUT2D eigenvalue weighted by Crippen LogP contribution is 2.29. The van der Waals surface area contributed by atoms with Gasteiger partial charge in [-0.1, -0.05) is 12.1 Å².